The first-order chi connectivity index (χ1) is 11.6. The summed E-state index contributed by atoms with van der Waals surface area (Å²) in [4.78, 5) is 14.7. The maximum Gasteiger partial charge on any atom is 0.228 e. The molecule has 1 aliphatic rings. The van der Waals surface area contributed by atoms with E-state index in [-0.39, 0.29) is 11.8 Å². The highest BCUT2D eigenvalue weighted by atomic mass is 35.5. The van der Waals surface area contributed by atoms with Gasteiger partial charge in [-0.15, -0.1) is 0 Å². The molecule has 1 aliphatic heterocycles. The van der Waals surface area contributed by atoms with Gasteiger partial charge >= 0.3 is 0 Å². The van der Waals surface area contributed by atoms with Gasteiger partial charge in [0.05, 0.1) is 5.69 Å². The third kappa shape index (κ3) is 4.36. The van der Waals surface area contributed by atoms with Crippen molar-refractivity contribution in [3.8, 4) is 11.3 Å². The number of amides is 1. The SMILES string of the molecule is CC(CCN1CCCC1)C(=O)Nc1cc(-c2ccc(Cl)cc2)n[nH]1. The van der Waals surface area contributed by atoms with E-state index in [0.717, 1.165) is 24.2 Å². The number of benzene rings is 1. The fraction of sp³-hybridized carbons (Fsp3) is 0.444. The Bertz CT molecular complexity index is 677. The van der Waals surface area contributed by atoms with Crippen molar-refractivity contribution in [1.29, 1.82) is 0 Å². The first-order valence-corrected chi connectivity index (χ1v) is 8.84. The molecule has 0 bridgehead atoms. The summed E-state index contributed by atoms with van der Waals surface area (Å²) in [5, 5.41) is 10.7. The molecular weight excluding hydrogens is 324 g/mol. The van der Waals surface area contributed by atoms with Gasteiger partial charge in [0.25, 0.3) is 0 Å². The second kappa shape index (κ2) is 7.81. The number of likely N-dealkylation sites (tertiary alicyclic amines) is 1. The van der Waals surface area contributed by atoms with E-state index in [0.29, 0.717) is 10.8 Å². The van der Waals surface area contributed by atoms with Crippen molar-refractivity contribution >= 4 is 23.3 Å². The Kier molecular flexibility index (Phi) is 5.53. The Balaban J connectivity index is 1.53. The summed E-state index contributed by atoms with van der Waals surface area (Å²) in [6.45, 7) is 5.30. The van der Waals surface area contributed by atoms with Crippen molar-refractivity contribution in [3.05, 3.63) is 35.4 Å². The summed E-state index contributed by atoms with van der Waals surface area (Å²) in [6.07, 6.45) is 3.44. The van der Waals surface area contributed by atoms with Crippen LogP contribution < -0.4 is 5.32 Å². The van der Waals surface area contributed by atoms with E-state index in [9.17, 15) is 4.79 Å². The molecule has 2 heterocycles. The quantitative estimate of drug-likeness (QED) is 0.836. The first kappa shape index (κ1) is 17.0. The lowest BCUT2D eigenvalue weighted by atomic mass is 10.1. The third-order valence-corrected chi connectivity index (χ3v) is 4.75. The number of halogens is 1. The van der Waals surface area contributed by atoms with Gasteiger partial charge in [0, 0.05) is 22.6 Å². The normalized spacial score (nSPS) is 16.2. The van der Waals surface area contributed by atoms with Gasteiger partial charge in [-0.05, 0) is 51.0 Å². The predicted octanol–water partition coefficient (Wildman–Crippen LogP) is 3.79. The fourth-order valence-electron chi connectivity index (χ4n) is 2.92. The van der Waals surface area contributed by atoms with E-state index in [4.69, 9.17) is 11.6 Å². The minimum absolute atomic E-state index is 0.0205. The Hall–Kier alpha value is -1.85. The third-order valence-electron chi connectivity index (χ3n) is 4.50. The number of carbonyl (C=O) groups is 1. The molecule has 0 saturated carbocycles. The predicted molar refractivity (Wildman–Crippen MR) is 97.1 cm³/mol. The van der Waals surface area contributed by atoms with E-state index in [1.54, 1.807) is 0 Å². The maximum absolute atomic E-state index is 12.3. The second-order valence-corrected chi connectivity index (χ2v) is 6.84. The average Bonchev–Trinajstić information content (AvgIpc) is 3.25. The number of nitrogens with one attached hydrogen (secondary N) is 2. The lowest BCUT2D eigenvalue weighted by molar-refractivity contribution is -0.119. The van der Waals surface area contributed by atoms with Crippen LogP contribution in [0.25, 0.3) is 11.3 Å². The molecule has 0 spiro atoms. The molecule has 6 heteroatoms. The highest BCUT2D eigenvalue weighted by molar-refractivity contribution is 6.30. The van der Waals surface area contributed by atoms with Gasteiger partial charge in [-0.1, -0.05) is 30.7 Å². The van der Waals surface area contributed by atoms with Crippen molar-refractivity contribution in [1.82, 2.24) is 15.1 Å². The van der Waals surface area contributed by atoms with Crippen molar-refractivity contribution in [2.45, 2.75) is 26.2 Å². The minimum Gasteiger partial charge on any atom is -0.311 e. The number of H-pyrrole nitrogens is 1. The van der Waals surface area contributed by atoms with Crippen LogP contribution in [0.1, 0.15) is 26.2 Å². The van der Waals surface area contributed by atoms with E-state index >= 15 is 0 Å². The average molecular weight is 347 g/mol. The van der Waals surface area contributed by atoms with Gasteiger partial charge in [-0.3, -0.25) is 9.89 Å². The van der Waals surface area contributed by atoms with E-state index < -0.39 is 0 Å². The number of carbonyl (C=O) groups excluding carboxylic acids is 1. The molecule has 1 unspecified atom stereocenters. The van der Waals surface area contributed by atoms with E-state index in [1.807, 2.05) is 37.3 Å². The standard InChI is InChI=1S/C18H23ClN4O/c1-13(8-11-23-9-2-3-10-23)18(24)20-17-12-16(21-22-17)14-4-6-15(19)7-5-14/h4-7,12-13H,2-3,8-11H2,1H3,(H2,20,21,22,24). The summed E-state index contributed by atoms with van der Waals surface area (Å²) in [5.74, 6) is 0.631. The zero-order valence-corrected chi connectivity index (χ0v) is 14.6. The number of rotatable bonds is 6. The van der Waals surface area contributed by atoms with Crippen molar-refractivity contribution in [3.63, 3.8) is 0 Å². The molecule has 1 amide bonds. The van der Waals surface area contributed by atoms with Crippen molar-refractivity contribution < 1.29 is 4.79 Å². The van der Waals surface area contributed by atoms with Crippen LogP contribution in [0.5, 0.6) is 0 Å². The molecule has 1 saturated heterocycles. The van der Waals surface area contributed by atoms with Gasteiger partial charge in [0.2, 0.25) is 5.91 Å². The molecule has 1 aromatic heterocycles. The maximum atomic E-state index is 12.3. The lowest BCUT2D eigenvalue weighted by Crippen LogP contribution is -2.27. The monoisotopic (exact) mass is 346 g/mol. The van der Waals surface area contributed by atoms with Crippen LogP contribution in [0.4, 0.5) is 5.82 Å². The molecule has 0 radical (unpaired) electrons. The molecule has 1 aromatic carbocycles. The number of aromatic amines is 1. The molecule has 2 aromatic rings. The Morgan fingerprint density at radius 2 is 2.04 bits per heavy atom. The van der Waals surface area contributed by atoms with Crippen LogP contribution in [-0.2, 0) is 4.79 Å². The summed E-state index contributed by atoms with van der Waals surface area (Å²) >= 11 is 5.90. The van der Waals surface area contributed by atoms with E-state index in [2.05, 4.69) is 20.4 Å². The molecule has 1 fully saturated rings. The number of nitrogens with zero attached hydrogens (tertiary/aromatic N) is 2. The molecule has 2 N–H and O–H groups in total. The zero-order chi connectivity index (χ0) is 16.9. The number of aromatic nitrogens is 2. The molecule has 3 rings (SSSR count). The highest BCUT2D eigenvalue weighted by Gasteiger charge is 2.17. The summed E-state index contributed by atoms with van der Waals surface area (Å²) in [7, 11) is 0. The van der Waals surface area contributed by atoms with Gasteiger partial charge in [-0.2, -0.15) is 5.10 Å². The largest absolute Gasteiger partial charge is 0.311 e. The van der Waals surface area contributed by atoms with Crippen LogP contribution in [0.2, 0.25) is 5.02 Å². The van der Waals surface area contributed by atoms with Crippen molar-refractivity contribution in [2.75, 3.05) is 25.0 Å². The number of hydrogen-bond acceptors (Lipinski definition) is 3. The fourth-order valence-corrected chi connectivity index (χ4v) is 3.05. The van der Waals surface area contributed by atoms with Crippen LogP contribution in [0.3, 0.4) is 0 Å². The molecule has 5 nitrogen and oxygen atoms in total. The summed E-state index contributed by atoms with van der Waals surface area (Å²) < 4.78 is 0. The summed E-state index contributed by atoms with van der Waals surface area (Å²) in [5.41, 5.74) is 1.74. The van der Waals surface area contributed by atoms with Crippen LogP contribution in [-0.4, -0.2) is 40.6 Å². The topological polar surface area (TPSA) is 61.0 Å². The van der Waals surface area contributed by atoms with Crippen LogP contribution in [0, 0.1) is 5.92 Å². The van der Waals surface area contributed by atoms with Crippen LogP contribution >= 0.6 is 11.6 Å². The van der Waals surface area contributed by atoms with Gasteiger partial charge in [-0.25, -0.2) is 0 Å². The Morgan fingerprint density at radius 1 is 1.33 bits per heavy atom. The van der Waals surface area contributed by atoms with Gasteiger partial charge < -0.3 is 10.2 Å². The Morgan fingerprint density at radius 3 is 2.75 bits per heavy atom. The zero-order valence-electron chi connectivity index (χ0n) is 13.9. The first-order valence-electron chi connectivity index (χ1n) is 8.46. The second-order valence-electron chi connectivity index (χ2n) is 6.40. The smallest absolute Gasteiger partial charge is 0.228 e. The molecule has 0 aliphatic carbocycles. The molecular formula is C18H23ClN4O. The molecule has 24 heavy (non-hydrogen) atoms. The van der Waals surface area contributed by atoms with Gasteiger partial charge in [0.1, 0.15) is 5.82 Å². The highest BCUT2D eigenvalue weighted by Crippen LogP contribution is 2.22. The minimum atomic E-state index is -0.0205. The lowest BCUT2D eigenvalue weighted by Gasteiger charge is -2.17. The van der Waals surface area contributed by atoms with Crippen LogP contribution in [0.15, 0.2) is 30.3 Å². The number of anilines is 1. The van der Waals surface area contributed by atoms with E-state index in [1.165, 1.54) is 25.9 Å². The van der Waals surface area contributed by atoms with Crippen molar-refractivity contribution in [2.24, 2.45) is 5.92 Å². The number of hydrogen-bond donors (Lipinski definition) is 2. The Labute approximate surface area is 147 Å². The van der Waals surface area contributed by atoms with Gasteiger partial charge in [0.15, 0.2) is 0 Å². The summed E-state index contributed by atoms with van der Waals surface area (Å²) in [6, 6.07) is 9.30. The molecule has 128 valence electrons. The molecule has 1 atom stereocenters.